The lowest BCUT2D eigenvalue weighted by molar-refractivity contribution is 0.170. The lowest BCUT2D eigenvalue weighted by atomic mass is 10.2. The number of thiophene rings is 1. The van der Waals surface area contributed by atoms with Crippen molar-refractivity contribution in [3.8, 4) is 0 Å². The van der Waals surface area contributed by atoms with E-state index in [-0.39, 0.29) is 0 Å². The average molecular weight is 320 g/mol. The Morgan fingerprint density at radius 2 is 2.05 bits per heavy atom. The third-order valence-corrected chi connectivity index (χ3v) is 5.98. The molecule has 1 N–H and O–H groups in total. The molecule has 1 atom stereocenters. The van der Waals surface area contributed by atoms with Crippen molar-refractivity contribution in [2.24, 2.45) is 0 Å². The molecule has 2 aliphatic heterocycles. The molecule has 1 aromatic heterocycles. The summed E-state index contributed by atoms with van der Waals surface area (Å²) >= 11 is 13.8. The molecule has 3 nitrogen and oxygen atoms in total. The molecule has 1 unspecified atom stereocenters. The molecule has 0 bridgehead atoms. The van der Waals surface area contributed by atoms with Crippen LogP contribution < -0.4 is 5.32 Å². The maximum absolute atomic E-state index is 6.21. The van der Waals surface area contributed by atoms with Crippen molar-refractivity contribution in [3.63, 3.8) is 0 Å². The molecule has 0 aliphatic carbocycles. The second-order valence-electron chi connectivity index (χ2n) is 5.31. The number of likely N-dealkylation sites (tertiary alicyclic amines) is 1. The number of hydrogen-bond donors (Lipinski definition) is 1. The minimum Gasteiger partial charge on any atom is -0.314 e. The minimum absolute atomic E-state index is 0.717. The molecule has 2 saturated heterocycles. The van der Waals surface area contributed by atoms with E-state index in [1.165, 1.54) is 43.0 Å². The average Bonchev–Trinajstić information content (AvgIpc) is 3.02. The molecule has 2 fully saturated rings. The molecule has 0 amide bonds. The van der Waals surface area contributed by atoms with Crippen LogP contribution in [-0.2, 0) is 6.54 Å². The maximum Gasteiger partial charge on any atom is 0.112 e. The largest absolute Gasteiger partial charge is 0.314 e. The molecule has 1 aromatic rings. The van der Waals surface area contributed by atoms with E-state index in [0.717, 1.165) is 41.6 Å². The first-order chi connectivity index (χ1) is 9.24. The Bertz CT molecular complexity index is 432. The Hall–Kier alpha value is 0.160. The summed E-state index contributed by atoms with van der Waals surface area (Å²) in [6.45, 7) is 7.88. The molecule has 3 rings (SSSR count). The van der Waals surface area contributed by atoms with Gasteiger partial charge in [-0.3, -0.25) is 9.80 Å². The number of nitrogens with one attached hydrogen (secondary N) is 1. The van der Waals surface area contributed by atoms with Crippen molar-refractivity contribution >= 4 is 34.5 Å². The first-order valence-corrected chi connectivity index (χ1v) is 8.46. The maximum atomic E-state index is 6.21. The molecule has 0 spiro atoms. The van der Waals surface area contributed by atoms with Crippen LogP contribution in [0.5, 0.6) is 0 Å². The number of rotatable bonds is 3. The van der Waals surface area contributed by atoms with Crippen LogP contribution in [0.25, 0.3) is 0 Å². The molecule has 106 valence electrons. The van der Waals surface area contributed by atoms with E-state index in [0.29, 0.717) is 0 Å². The Kier molecular flexibility index (Phi) is 4.67. The number of nitrogens with zero attached hydrogens (tertiary/aromatic N) is 2. The van der Waals surface area contributed by atoms with Crippen LogP contribution in [0.1, 0.15) is 12.0 Å². The molecule has 0 saturated carbocycles. The number of piperazine rings is 1. The van der Waals surface area contributed by atoms with Gasteiger partial charge in [-0.25, -0.2) is 0 Å². The van der Waals surface area contributed by atoms with Gasteiger partial charge in [0.15, 0.2) is 0 Å². The van der Waals surface area contributed by atoms with Gasteiger partial charge < -0.3 is 5.32 Å². The molecule has 0 aromatic carbocycles. The molecule has 2 aliphatic rings. The zero-order valence-electron chi connectivity index (χ0n) is 10.9. The lowest BCUT2D eigenvalue weighted by Gasteiger charge is -2.32. The van der Waals surface area contributed by atoms with Crippen molar-refractivity contribution < 1.29 is 0 Å². The van der Waals surface area contributed by atoms with E-state index >= 15 is 0 Å². The summed E-state index contributed by atoms with van der Waals surface area (Å²) in [5.41, 5.74) is 1.18. The summed E-state index contributed by atoms with van der Waals surface area (Å²) in [4.78, 5) is 5.12. The summed E-state index contributed by atoms with van der Waals surface area (Å²) < 4.78 is 0.717. The topological polar surface area (TPSA) is 18.5 Å². The molecule has 3 heterocycles. The summed E-state index contributed by atoms with van der Waals surface area (Å²) in [7, 11) is 0. The number of halogens is 2. The smallest absolute Gasteiger partial charge is 0.112 e. The van der Waals surface area contributed by atoms with E-state index in [9.17, 15) is 0 Å². The van der Waals surface area contributed by atoms with Gasteiger partial charge in [0.1, 0.15) is 4.34 Å². The van der Waals surface area contributed by atoms with Gasteiger partial charge in [0.05, 0.1) is 5.02 Å². The third-order valence-electron chi connectivity index (χ3n) is 4.07. The molecule has 6 heteroatoms. The number of hydrogen-bond acceptors (Lipinski definition) is 4. The van der Waals surface area contributed by atoms with E-state index in [4.69, 9.17) is 23.2 Å². The second kappa shape index (κ2) is 6.29. The van der Waals surface area contributed by atoms with Crippen molar-refractivity contribution in [2.75, 3.05) is 39.3 Å². The monoisotopic (exact) mass is 319 g/mol. The van der Waals surface area contributed by atoms with Gasteiger partial charge in [0.25, 0.3) is 0 Å². The fourth-order valence-corrected chi connectivity index (χ4v) is 4.24. The van der Waals surface area contributed by atoms with Crippen molar-refractivity contribution in [1.82, 2.24) is 15.1 Å². The van der Waals surface area contributed by atoms with Crippen LogP contribution in [0.2, 0.25) is 9.36 Å². The molecule has 0 radical (unpaired) electrons. The summed E-state index contributed by atoms with van der Waals surface area (Å²) in [5, 5.41) is 6.25. The van der Waals surface area contributed by atoms with Crippen LogP contribution in [0.3, 0.4) is 0 Å². The Morgan fingerprint density at radius 1 is 1.26 bits per heavy atom. The first-order valence-electron chi connectivity index (χ1n) is 6.82. The van der Waals surface area contributed by atoms with E-state index in [1.807, 2.05) is 0 Å². The van der Waals surface area contributed by atoms with Crippen LogP contribution in [0.15, 0.2) is 5.38 Å². The third kappa shape index (κ3) is 3.26. The van der Waals surface area contributed by atoms with Gasteiger partial charge >= 0.3 is 0 Å². The van der Waals surface area contributed by atoms with Gasteiger partial charge in [-0.15, -0.1) is 11.3 Å². The van der Waals surface area contributed by atoms with Crippen molar-refractivity contribution in [3.05, 3.63) is 20.3 Å². The van der Waals surface area contributed by atoms with Gasteiger partial charge in [-0.2, -0.15) is 0 Å². The molecule has 19 heavy (non-hydrogen) atoms. The predicted molar refractivity (Wildman–Crippen MR) is 82.5 cm³/mol. The van der Waals surface area contributed by atoms with Gasteiger partial charge in [-0.1, -0.05) is 23.2 Å². The first kappa shape index (κ1) is 14.1. The Balaban J connectivity index is 1.55. The SMILES string of the molecule is Clc1scc(CN2CCC(N3CCNCC3)C2)c1Cl. The van der Waals surface area contributed by atoms with E-state index in [2.05, 4.69) is 20.5 Å². The molecular weight excluding hydrogens is 301 g/mol. The van der Waals surface area contributed by atoms with Crippen LogP contribution in [-0.4, -0.2) is 55.1 Å². The van der Waals surface area contributed by atoms with E-state index in [1.54, 1.807) is 0 Å². The standard InChI is InChI=1S/C13H19Cl2N3S/c14-12-10(9-19-13(12)15)7-17-4-1-11(8-17)18-5-2-16-3-6-18/h9,11,16H,1-8H2. The van der Waals surface area contributed by atoms with Crippen LogP contribution >= 0.6 is 34.5 Å². The van der Waals surface area contributed by atoms with Crippen LogP contribution in [0, 0.1) is 0 Å². The fraction of sp³-hybridized carbons (Fsp3) is 0.692. The summed E-state index contributed by atoms with van der Waals surface area (Å²) in [6, 6.07) is 0.718. The highest BCUT2D eigenvalue weighted by Crippen LogP contribution is 2.33. The quantitative estimate of drug-likeness (QED) is 0.923. The summed E-state index contributed by atoms with van der Waals surface area (Å²) in [6.07, 6.45) is 1.27. The van der Waals surface area contributed by atoms with Gasteiger partial charge in [-0.05, 0) is 17.4 Å². The minimum atomic E-state index is 0.717. The predicted octanol–water partition coefficient (Wildman–Crippen LogP) is 2.53. The Morgan fingerprint density at radius 3 is 2.74 bits per heavy atom. The molecular formula is C13H19Cl2N3S. The second-order valence-corrected chi connectivity index (χ2v) is 7.17. The Labute approximate surface area is 128 Å². The van der Waals surface area contributed by atoms with E-state index < -0.39 is 0 Å². The van der Waals surface area contributed by atoms with Crippen molar-refractivity contribution in [1.29, 1.82) is 0 Å². The van der Waals surface area contributed by atoms with Gasteiger partial charge in [0, 0.05) is 51.9 Å². The highest BCUT2D eigenvalue weighted by molar-refractivity contribution is 7.15. The lowest BCUT2D eigenvalue weighted by Crippen LogP contribution is -2.49. The zero-order chi connectivity index (χ0) is 13.2. The van der Waals surface area contributed by atoms with Crippen molar-refractivity contribution in [2.45, 2.75) is 19.0 Å². The fourth-order valence-electron chi connectivity index (χ4n) is 3.00. The summed E-state index contributed by atoms with van der Waals surface area (Å²) in [5.74, 6) is 0. The highest BCUT2D eigenvalue weighted by atomic mass is 35.5. The normalized spacial score (nSPS) is 26.1. The zero-order valence-corrected chi connectivity index (χ0v) is 13.2. The van der Waals surface area contributed by atoms with Gasteiger partial charge in [0.2, 0.25) is 0 Å². The van der Waals surface area contributed by atoms with Crippen LogP contribution in [0.4, 0.5) is 0 Å². The highest BCUT2D eigenvalue weighted by Gasteiger charge is 2.28.